The van der Waals surface area contributed by atoms with Gasteiger partial charge in [-0.25, -0.2) is 0 Å². The van der Waals surface area contributed by atoms with Gasteiger partial charge in [-0.3, -0.25) is 9.69 Å². The van der Waals surface area contributed by atoms with Crippen LogP contribution >= 0.6 is 0 Å². The van der Waals surface area contributed by atoms with Crippen LogP contribution < -0.4 is 5.32 Å². The number of nitrogens with zero attached hydrogens (tertiary/aromatic N) is 1. The predicted molar refractivity (Wildman–Crippen MR) is 80.5 cm³/mol. The van der Waals surface area contributed by atoms with E-state index < -0.39 is 5.60 Å². The van der Waals surface area contributed by atoms with Gasteiger partial charge in [0, 0.05) is 12.6 Å². The van der Waals surface area contributed by atoms with Gasteiger partial charge in [-0.1, -0.05) is 38.5 Å². The van der Waals surface area contributed by atoms with E-state index in [1.807, 2.05) is 11.9 Å². The lowest BCUT2D eigenvalue weighted by molar-refractivity contribution is -0.123. The number of carbonyl (C=O) groups is 1. The molecule has 0 aromatic heterocycles. The summed E-state index contributed by atoms with van der Waals surface area (Å²) in [6.45, 7) is 1.02. The third kappa shape index (κ3) is 5.06. The van der Waals surface area contributed by atoms with Crippen LogP contribution in [0.15, 0.2) is 0 Å². The van der Waals surface area contributed by atoms with Crippen molar-refractivity contribution in [2.24, 2.45) is 0 Å². The Morgan fingerprint density at radius 3 is 2.35 bits per heavy atom. The molecule has 4 heteroatoms. The Hall–Kier alpha value is -0.610. The van der Waals surface area contributed by atoms with Crippen LogP contribution in [-0.4, -0.2) is 47.7 Å². The van der Waals surface area contributed by atoms with Crippen molar-refractivity contribution < 1.29 is 9.90 Å². The third-order valence-corrected chi connectivity index (χ3v) is 4.73. The van der Waals surface area contributed by atoms with E-state index in [4.69, 9.17) is 0 Å². The topological polar surface area (TPSA) is 52.6 Å². The van der Waals surface area contributed by atoms with Crippen molar-refractivity contribution in [1.82, 2.24) is 10.2 Å². The first kappa shape index (κ1) is 15.8. The van der Waals surface area contributed by atoms with Crippen LogP contribution in [0.5, 0.6) is 0 Å². The van der Waals surface area contributed by atoms with Crippen LogP contribution in [0, 0.1) is 0 Å². The summed E-state index contributed by atoms with van der Waals surface area (Å²) in [5.74, 6) is 0.112. The van der Waals surface area contributed by atoms with Crippen molar-refractivity contribution in [1.29, 1.82) is 0 Å². The maximum Gasteiger partial charge on any atom is 0.234 e. The maximum absolute atomic E-state index is 12.1. The summed E-state index contributed by atoms with van der Waals surface area (Å²) in [6.07, 6.45) is 11.3. The van der Waals surface area contributed by atoms with Crippen molar-refractivity contribution in [2.75, 3.05) is 20.1 Å². The zero-order valence-corrected chi connectivity index (χ0v) is 12.9. The maximum atomic E-state index is 12.1. The van der Waals surface area contributed by atoms with Gasteiger partial charge in [0.05, 0.1) is 12.1 Å². The smallest absolute Gasteiger partial charge is 0.234 e. The first-order valence-electron chi connectivity index (χ1n) is 8.28. The molecule has 0 spiro atoms. The number of carbonyl (C=O) groups excluding carboxylic acids is 1. The van der Waals surface area contributed by atoms with E-state index in [1.54, 1.807) is 0 Å². The number of aliphatic hydroxyl groups is 1. The van der Waals surface area contributed by atoms with Crippen LogP contribution in [0.4, 0.5) is 0 Å². The van der Waals surface area contributed by atoms with E-state index in [2.05, 4.69) is 5.32 Å². The Labute approximate surface area is 122 Å². The molecule has 1 amide bonds. The summed E-state index contributed by atoms with van der Waals surface area (Å²) in [7, 11) is 1.93. The van der Waals surface area contributed by atoms with Crippen LogP contribution in [0.1, 0.15) is 64.2 Å². The van der Waals surface area contributed by atoms with Gasteiger partial charge in [0.1, 0.15) is 0 Å². The number of hydrogen-bond donors (Lipinski definition) is 2. The fourth-order valence-electron chi connectivity index (χ4n) is 3.69. The highest BCUT2D eigenvalue weighted by atomic mass is 16.3. The summed E-state index contributed by atoms with van der Waals surface area (Å²) in [5.41, 5.74) is -0.558. The molecule has 2 rings (SSSR count). The highest BCUT2D eigenvalue weighted by Gasteiger charge is 2.32. The molecule has 0 saturated heterocycles. The molecule has 0 bridgehead atoms. The number of likely N-dealkylation sites (N-methyl/N-ethyl adjacent to an activating group) is 1. The highest BCUT2D eigenvalue weighted by molar-refractivity contribution is 5.78. The molecule has 0 heterocycles. The molecule has 2 aliphatic carbocycles. The SMILES string of the molecule is CN(CC(=O)NC1CCCCCC1)CC1(O)CCCC1. The lowest BCUT2D eigenvalue weighted by atomic mass is 10.0. The third-order valence-electron chi connectivity index (χ3n) is 4.73. The second-order valence-electron chi connectivity index (χ2n) is 6.86. The first-order chi connectivity index (χ1) is 9.57. The average molecular weight is 282 g/mol. The molecule has 2 aliphatic rings. The van der Waals surface area contributed by atoms with Gasteiger partial charge in [-0.15, -0.1) is 0 Å². The van der Waals surface area contributed by atoms with Gasteiger partial charge in [-0.2, -0.15) is 0 Å². The molecule has 0 unspecified atom stereocenters. The minimum atomic E-state index is -0.558. The first-order valence-corrected chi connectivity index (χ1v) is 8.28. The van der Waals surface area contributed by atoms with Crippen molar-refractivity contribution in [3.05, 3.63) is 0 Å². The molecule has 0 radical (unpaired) electrons. The van der Waals surface area contributed by atoms with Crippen molar-refractivity contribution >= 4 is 5.91 Å². The molecule has 2 fully saturated rings. The standard InChI is InChI=1S/C16H30N2O2/c1-18(13-16(20)10-6-7-11-16)12-15(19)17-14-8-4-2-3-5-9-14/h14,20H,2-13H2,1H3,(H,17,19). The fourth-order valence-corrected chi connectivity index (χ4v) is 3.69. The molecule has 0 aromatic rings. The van der Waals surface area contributed by atoms with Gasteiger partial charge >= 0.3 is 0 Å². The number of nitrogens with one attached hydrogen (secondary N) is 1. The summed E-state index contributed by atoms with van der Waals surface area (Å²) in [5, 5.41) is 13.5. The number of hydrogen-bond acceptors (Lipinski definition) is 3. The molecule has 2 saturated carbocycles. The summed E-state index contributed by atoms with van der Waals surface area (Å²) < 4.78 is 0. The monoisotopic (exact) mass is 282 g/mol. The van der Waals surface area contributed by atoms with Gasteiger partial charge in [-0.05, 0) is 32.7 Å². The van der Waals surface area contributed by atoms with Crippen molar-refractivity contribution in [3.8, 4) is 0 Å². The van der Waals surface area contributed by atoms with E-state index in [1.165, 1.54) is 25.7 Å². The number of rotatable bonds is 5. The molecule has 0 aromatic carbocycles. The second kappa shape index (κ2) is 7.41. The van der Waals surface area contributed by atoms with Gasteiger partial charge in [0.2, 0.25) is 5.91 Å². The molecule has 4 nitrogen and oxygen atoms in total. The molecule has 2 N–H and O–H groups in total. The Bertz CT molecular complexity index is 306. The zero-order valence-electron chi connectivity index (χ0n) is 12.9. The molecule has 0 aliphatic heterocycles. The van der Waals surface area contributed by atoms with Crippen LogP contribution in [0.3, 0.4) is 0 Å². The molecular formula is C16H30N2O2. The van der Waals surface area contributed by atoms with Gasteiger partial charge in [0.25, 0.3) is 0 Å². The quantitative estimate of drug-likeness (QED) is 0.759. The van der Waals surface area contributed by atoms with E-state index in [-0.39, 0.29) is 5.91 Å². The molecule has 20 heavy (non-hydrogen) atoms. The average Bonchev–Trinajstić information content (AvgIpc) is 2.63. The van der Waals surface area contributed by atoms with Crippen molar-refractivity contribution in [2.45, 2.75) is 75.9 Å². The van der Waals surface area contributed by atoms with E-state index in [0.717, 1.165) is 38.5 Å². The number of amides is 1. The zero-order chi connectivity index (χ0) is 14.4. The van der Waals surface area contributed by atoms with Crippen LogP contribution in [-0.2, 0) is 4.79 Å². The normalized spacial score (nSPS) is 23.8. The minimum Gasteiger partial charge on any atom is -0.389 e. The Kier molecular flexibility index (Phi) is 5.85. The minimum absolute atomic E-state index is 0.112. The Morgan fingerprint density at radius 1 is 1.15 bits per heavy atom. The molecule has 0 atom stereocenters. The summed E-state index contributed by atoms with van der Waals surface area (Å²) >= 11 is 0. The highest BCUT2D eigenvalue weighted by Crippen LogP contribution is 2.29. The predicted octanol–water partition coefficient (Wildman–Crippen LogP) is 2.06. The lowest BCUT2D eigenvalue weighted by Gasteiger charge is -2.28. The van der Waals surface area contributed by atoms with Crippen LogP contribution in [0.25, 0.3) is 0 Å². The van der Waals surface area contributed by atoms with E-state index in [9.17, 15) is 9.90 Å². The van der Waals surface area contributed by atoms with E-state index >= 15 is 0 Å². The Morgan fingerprint density at radius 2 is 1.75 bits per heavy atom. The summed E-state index contributed by atoms with van der Waals surface area (Å²) in [4.78, 5) is 14.0. The molecular weight excluding hydrogens is 252 g/mol. The summed E-state index contributed by atoms with van der Waals surface area (Å²) in [6, 6.07) is 0.368. The van der Waals surface area contributed by atoms with Crippen LogP contribution in [0.2, 0.25) is 0 Å². The van der Waals surface area contributed by atoms with Gasteiger partial charge in [0.15, 0.2) is 0 Å². The largest absolute Gasteiger partial charge is 0.389 e. The van der Waals surface area contributed by atoms with Gasteiger partial charge < -0.3 is 10.4 Å². The second-order valence-corrected chi connectivity index (χ2v) is 6.86. The molecule has 116 valence electrons. The van der Waals surface area contributed by atoms with E-state index in [0.29, 0.717) is 19.1 Å². The fraction of sp³-hybridized carbons (Fsp3) is 0.938. The lowest BCUT2D eigenvalue weighted by Crippen LogP contribution is -2.45. The Balaban J connectivity index is 1.70. The van der Waals surface area contributed by atoms with Crippen molar-refractivity contribution in [3.63, 3.8) is 0 Å².